The van der Waals surface area contributed by atoms with Crippen LogP contribution in [0, 0.1) is 0 Å². The SMILES string of the molecule is OC(COc1ccccc1)CN1CCN(CCOc2ccc(Cl)cc2)CC1. The fraction of sp³-hybridized carbons (Fsp3) is 0.429. The molecule has 146 valence electrons. The lowest BCUT2D eigenvalue weighted by Gasteiger charge is -2.35. The molecule has 0 aliphatic carbocycles. The second-order valence-electron chi connectivity index (χ2n) is 6.72. The second kappa shape index (κ2) is 10.5. The maximum Gasteiger partial charge on any atom is 0.119 e. The molecule has 3 rings (SSSR count). The summed E-state index contributed by atoms with van der Waals surface area (Å²) in [5.74, 6) is 1.64. The van der Waals surface area contributed by atoms with E-state index in [1.165, 1.54) is 0 Å². The van der Waals surface area contributed by atoms with E-state index < -0.39 is 6.10 Å². The number of aliphatic hydroxyl groups excluding tert-OH is 1. The molecule has 0 spiro atoms. The first-order valence-electron chi connectivity index (χ1n) is 9.38. The number of para-hydroxylation sites is 1. The van der Waals surface area contributed by atoms with Crippen molar-refractivity contribution in [3.63, 3.8) is 0 Å². The number of piperazine rings is 1. The molecule has 1 unspecified atom stereocenters. The maximum absolute atomic E-state index is 10.2. The second-order valence-corrected chi connectivity index (χ2v) is 7.16. The zero-order valence-electron chi connectivity index (χ0n) is 15.5. The van der Waals surface area contributed by atoms with Gasteiger partial charge in [-0.3, -0.25) is 9.80 Å². The fourth-order valence-electron chi connectivity index (χ4n) is 3.08. The van der Waals surface area contributed by atoms with Gasteiger partial charge in [-0.05, 0) is 36.4 Å². The fourth-order valence-corrected chi connectivity index (χ4v) is 3.20. The predicted octanol–water partition coefficient (Wildman–Crippen LogP) is 2.78. The molecule has 27 heavy (non-hydrogen) atoms. The average molecular weight is 391 g/mol. The number of ether oxygens (including phenoxy) is 2. The van der Waals surface area contributed by atoms with Gasteiger partial charge < -0.3 is 14.6 Å². The van der Waals surface area contributed by atoms with Gasteiger partial charge in [0.1, 0.15) is 30.8 Å². The summed E-state index contributed by atoms with van der Waals surface area (Å²) in [6, 6.07) is 17.1. The van der Waals surface area contributed by atoms with Gasteiger partial charge in [0.05, 0.1) is 0 Å². The number of halogens is 1. The zero-order chi connectivity index (χ0) is 18.9. The normalized spacial score (nSPS) is 16.8. The van der Waals surface area contributed by atoms with Crippen LogP contribution in [-0.4, -0.2) is 73.5 Å². The van der Waals surface area contributed by atoms with Gasteiger partial charge in [0.15, 0.2) is 0 Å². The summed E-state index contributed by atoms with van der Waals surface area (Å²) < 4.78 is 11.4. The third-order valence-corrected chi connectivity index (χ3v) is 4.86. The number of nitrogens with zero attached hydrogens (tertiary/aromatic N) is 2. The van der Waals surface area contributed by atoms with Gasteiger partial charge in [-0.25, -0.2) is 0 Å². The number of hydrogen-bond donors (Lipinski definition) is 1. The van der Waals surface area contributed by atoms with E-state index in [-0.39, 0.29) is 0 Å². The lowest BCUT2D eigenvalue weighted by Crippen LogP contribution is -2.50. The van der Waals surface area contributed by atoms with Gasteiger partial charge in [0, 0.05) is 44.3 Å². The van der Waals surface area contributed by atoms with Crippen molar-refractivity contribution in [2.24, 2.45) is 0 Å². The van der Waals surface area contributed by atoms with Crippen molar-refractivity contribution in [2.75, 3.05) is 52.5 Å². The Bertz CT molecular complexity index is 661. The molecule has 6 heteroatoms. The zero-order valence-corrected chi connectivity index (χ0v) is 16.2. The van der Waals surface area contributed by atoms with Crippen LogP contribution in [0.5, 0.6) is 11.5 Å². The third kappa shape index (κ3) is 7.03. The molecule has 1 aliphatic heterocycles. The van der Waals surface area contributed by atoms with E-state index >= 15 is 0 Å². The Balaban J connectivity index is 1.28. The first-order chi connectivity index (χ1) is 13.2. The van der Waals surface area contributed by atoms with Crippen molar-refractivity contribution in [3.8, 4) is 11.5 Å². The molecule has 1 fully saturated rings. The Labute approximate surface area is 166 Å². The van der Waals surface area contributed by atoms with Crippen molar-refractivity contribution < 1.29 is 14.6 Å². The summed E-state index contributed by atoms with van der Waals surface area (Å²) in [6.45, 7) is 6.38. The number of rotatable bonds is 9. The molecule has 1 N–H and O–H groups in total. The summed E-state index contributed by atoms with van der Waals surface area (Å²) in [6.07, 6.45) is -0.481. The topological polar surface area (TPSA) is 45.2 Å². The van der Waals surface area contributed by atoms with Gasteiger partial charge in [0.2, 0.25) is 0 Å². The molecule has 0 radical (unpaired) electrons. The Morgan fingerprint density at radius 3 is 2.19 bits per heavy atom. The van der Waals surface area contributed by atoms with Gasteiger partial charge in [-0.2, -0.15) is 0 Å². The van der Waals surface area contributed by atoms with E-state index in [2.05, 4.69) is 9.80 Å². The minimum absolute atomic E-state index is 0.319. The summed E-state index contributed by atoms with van der Waals surface area (Å²) >= 11 is 5.87. The van der Waals surface area contributed by atoms with Crippen LogP contribution in [0.1, 0.15) is 0 Å². The number of β-amino-alcohol motifs (C(OH)–C–C–N with tert-alkyl or cyclic N) is 1. The monoisotopic (exact) mass is 390 g/mol. The van der Waals surface area contributed by atoms with E-state index in [0.29, 0.717) is 19.8 Å². The molecule has 5 nitrogen and oxygen atoms in total. The number of hydrogen-bond acceptors (Lipinski definition) is 5. The summed E-state index contributed by atoms with van der Waals surface area (Å²) in [5.41, 5.74) is 0. The van der Waals surface area contributed by atoms with Crippen LogP contribution in [0.4, 0.5) is 0 Å². The molecule has 2 aromatic rings. The highest BCUT2D eigenvalue weighted by Crippen LogP contribution is 2.15. The van der Waals surface area contributed by atoms with Crippen molar-refractivity contribution in [2.45, 2.75) is 6.10 Å². The van der Waals surface area contributed by atoms with Crippen LogP contribution >= 0.6 is 11.6 Å². The molecule has 0 saturated carbocycles. The smallest absolute Gasteiger partial charge is 0.119 e. The van der Waals surface area contributed by atoms with Crippen molar-refractivity contribution in [1.29, 1.82) is 0 Å². The van der Waals surface area contributed by atoms with Gasteiger partial charge in [0.25, 0.3) is 0 Å². The van der Waals surface area contributed by atoms with Crippen LogP contribution < -0.4 is 9.47 Å². The van der Waals surface area contributed by atoms with Crippen LogP contribution in [0.15, 0.2) is 54.6 Å². The average Bonchev–Trinajstić information content (AvgIpc) is 2.70. The summed E-state index contributed by atoms with van der Waals surface area (Å²) in [7, 11) is 0. The molecule has 0 bridgehead atoms. The van der Waals surface area contributed by atoms with Crippen LogP contribution in [0.25, 0.3) is 0 Å². The first kappa shape index (κ1) is 20.0. The van der Waals surface area contributed by atoms with Crippen molar-refractivity contribution in [3.05, 3.63) is 59.6 Å². The Hall–Kier alpha value is -1.79. The summed E-state index contributed by atoms with van der Waals surface area (Å²) in [5, 5.41) is 10.9. The first-order valence-corrected chi connectivity index (χ1v) is 9.76. The highest BCUT2D eigenvalue weighted by Gasteiger charge is 2.19. The Kier molecular flexibility index (Phi) is 7.78. The van der Waals surface area contributed by atoms with Crippen LogP contribution in [0.3, 0.4) is 0 Å². The Morgan fingerprint density at radius 2 is 1.48 bits per heavy atom. The van der Waals surface area contributed by atoms with Gasteiger partial charge in [-0.1, -0.05) is 29.8 Å². The van der Waals surface area contributed by atoms with E-state index in [1.807, 2.05) is 54.6 Å². The molecule has 1 aliphatic rings. The Morgan fingerprint density at radius 1 is 0.852 bits per heavy atom. The lowest BCUT2D eigenvalue weighted by atomic mass is 10.2. The molecule has 2 aromatic carbocycles. The molecule has 0 amide bonds. The largest absolute Gasteiger partial charge is 0.492 e. The number of aliphatic hydroxyl groups is 1. The molecular weight excluding hydrogens is 364 g/mol. The van der Waals surface area contributed by atoms with Crippen LogP contribution in [-0.2, 0) is 0 Å². The molecule has 0 aromatic heterocycles. The summed E-state index contributed by atoms with van der Waals surface area (Å²) in [4.78, 5) is 4.68. The quantitative estimate of drug-likeness (QED) is 0.713. The highest BCUT2D eigenvalue weighted by molar-refractivity contribution is 6.30. The highest BCUT2D eigenvalue weighted by atomic mass is 35.5. The number of benzene rings is 2. The minimum Gasteiger partial charge on any atom is -0.492 e. The van der Waals surface area contributed by atoms with E-state index in [0.717, 1.165) is 49.2 Å². The van der Waals surface area contributed by atoms with E-state index in [9.17, 15) is 5.11 Å². The molecule has 1 heterocycles. The molecular formula is C21H27ClN2O3. The van der Waals surface area contributed by atoms with Crippen LogP contribution in [0.2, 0.25) is 5.02 Å². The van der Waals surface area contributed by atoms with E-state index in [1.54, 1.807) is 0 Å². The van der Waals surface area contributed by atoms with Gasteiger partial charge >= 0.3 is 0 Å². The van der Waals surface area contributed by atoms with Crippen molar-refractivity contribution >= 4 is 11.6 Å². The van der Waals surface area contributed by atoms with Gasteiger partial charge in [-0.15, -0.1) is 0 Å². The standard InChI is InChI=1S/C21H27ClN2O3/c22-18-6-8-21(9-7-18)26-15-14-23-10-12-24(13-11-23)16-19(25)17-27-20-4-2-1-3-5-20/h1-9,19,25H,10-17H2. The maximum atomic E-state index is 10.2. The lowest BCUT2D eigenvalue weighted by molar-refractivity contribution is 0.0436. The predicted molar refractivity (Wildman–Crippen MR) is 108 cm³/mol. The van der Waals surface area contributed by atoms with E-state index in [4.69, 9.17) is 21.1 Å². The molecule has 1 atom stereocenters. The third-order valence-electron chi connectivity index (χ3n) is 4.61. The molecule has 1 saturated heterocycles. The minimum atomic E-state index is -0.481. The van der Waals surface area contributed by atoms with Crippen molar-refractivity contribution in [1.82, 2.24) is 9.80 Å².